The monoisotopic (exact) mass is 441 g/mol. The summed E-state index contributed by atoms with van der Waals surface area (Å²) in [6, 6.07) is 6.10. The number of thioether (sulfide) groups is 1. The van der Waals surface area contributed by atoms with Crippen LogP contribution in [-0.2, 0) is 17.6 Å². The van der Waals surface area contributed by atoms with E-state index in [0.29, 0.717) is 11.1 Å². The first kappa shape index (κ1) is 21.1. The van der Waals surface area contributed by atoms with Crippen molar-refractivity contribution in [3.8, 4) is 5.69 Å². The number of thiophene rings is 1. The van der Waals surface area contributed by atoms with E-state index in [-0.39, 0.29) is 16.7 Å². The van der Waals surface area contributed by atoms with Crippen molar-refractivity contribution < 1.29 is 4.79 Å². The van der Waals surface area contributed by atoms with Crippen molar-refractivity contribution in [3.05, 3.63) is 50.1 Å². The highest BCUT2D eigenvalue weighted by Crippen LogP contribution is 2.37. The molecule has 3 aromatic rings. The summed E-state index contributed by atoms with van der Waals surface area (Å²) in [4.78, 5) is 33.1. The first-order chi connectivity index (χ1) is 14.3. The Kier molecular flexibility index (Phi) is 5.77. The Balaban J connectivity index is 1.99. The molecule has 0 saturated carbocycles. The fourth-order valence-electron chi connectivity index (χ4n) is 4.04. The average Bonchev–Trinajstić information content (AvgIpc) is 3.07. The van der Waals surface area contributed by atoms with Crippen LogP contribution in [0.25, 0.3) is 15.9 Å². The van der Waals surface area contributed by atoms with E-state index in [9.17, 15) is 9.59 Å². The van der Waals surface area contributed by atoms with Gasteiger partial charge in [0.25, 0.3) is 5.56 Å². The van der Waals surface area contributed by atoms with Gasteiger partial charge in [0, 0.05) is 11.9 Å². The van der Waals surface area contributed by atoms with E-state index in [1.54, 1.807) is 23.0 Å². The second-order valence-corrected chi connectivity index (χ2v) is 10.6. The Morgan fingerprint density at radius 3 is 2.87 bits per heavy atom. The summed E-state index contributed by atoms with van der Waals surface area (Å²) in [5, 5.41) is 3.67. The smallest absolute Gasteiger partial charge is 0.267 e. The number of aryl methyl sites for hydroxylation is 3. The molecule has 7 heteroatoms. The molecule has 0 spiro atoms. The Hall–Kier alpha value is -2.12. The molecule has 1 aliphatic rings. The molecule has 1 aliphatic carbocycles. The van der Waals surface area contributed by atoms with Crippen molar-refractivity contribution in [2.24, 2.45) is 5.92 Å². The second kappa shape index (κ2) is 8.19. The molecule has 2 unspecified atom stereocenters. The van der Waals surface area contributed by atoms with E-state index in [0.717, 1.165) is 46.3 Å². The van der Waals surface area contributed by atoms with Gasteiger partial charge < -0.3 is 5.32 Å². The molecular weight excluding hydrogens is 414 g/mol. The third kappa shape index (κ3) is 3.69. The lowest BCUT2D eigenvalue weighted by Crippen LogP contribution is -2.29. The van der Waals surface area contributed by atoms with Gasteiger partial charge in [-0.2, -0.15) is 0 Å². The average molecular weight is 442 g/mol. The molecule has 2 atom stereocenters. The van der Waals surface area contributed by atoms with Crippen molar-refractivity contribution in [1.29, 1.82) is 0 Å². The van der Waals surface area contributed by atoms with Gasteiger partial charge in [0.15, 0.2) is 5.16 Å². The molecular formula is C23H27N3O2S2. The summed E-state index contributed by atoms with van der Waals surface area (Å²) < 4.78 is 1.72. The molecule has 0 radical (unpaired) electrons. The first-order valence-corrected chi connectivity index (χ1v) is 12.0. The van der Waals surface area contributed by atoms with Gasteiger partial charge in [-0.25, -0.2) is 4.98 Å². The van der Waals surface area contributed by atoms with Gasteiger partial charge in [0.05, 0.1) is 16.3 Å². The molecule has 0 bridgehead atoms. The number of hydrogen-bond donors (Lipinski definition) is 1. The standard InChI is InChI=1S/C23H27N3O2S2/c1-12-6-8-14(3)17(10-12)26-22(28)19-16-9-7-13(2)11-18(16)30-21(19)25-23(26)29-15(4)20(27)24-5/h6,8,10,13,15H,7,9,11H2,1-5H3,(H,24,27). The topological polar surface area (TPSA) is 64.0 Å². The van der Waals surface area contributed by atoms with E-state index < -0.39 is 0 Å². The predicted octanol–water partition coefficient (Wildman–Crippen LogP) is 4.42. The molecule has 4 rings (SSSR count). The molecule has 0 fully saturated rings. The number of nitrogens with zero attached hydrogens (tertiary/aromatic N) is 2. The highest BCUT2D eigenvalue weighted by molar-refractivity contribution is 8.00. The molecule has 158 valence electrons. The highest BCUT2D eigenvalue weighted by Gasteiger charge is 2.26. The molecule has 2 aromatic heterocycles. The molecule has 1 aromatic carbocycles. The SMILES string of the molecule is CNC(=O)C(C)Sc1nc2sc3c(c2c(=O)n1-c1cc(C)ccc1C)CCC(C)C3. The van der Waals surface area contributed by atoms with Gasteiger partial charge in [0.2, 0.25) is 5.91 Å². The van der Waals surface area contributed by atoms with Gasteiger partial charge in [-0.3, -0.25) is 14.2 Å². The lowest BCUT2D eigenvalue weighted by molar-refractivity contribution is -0.119. The van der Waals surface area contributed by atoms with Gasteiger partial charge in [-0.05, 0) is 68.7 Å². The predicted molar refractivity (Wildman–Crippen MR) is 125 cm³/mol. The summed E-state index contributed by atoms with van der Waals surface area (Å²) in [7, 11) is 1.63. The molecule has 0 aliphatic heterocycles. The van der Waals surface area contributed by atoms with Crippen LogP contribution in [0, 0.1) is 19.8 Å². The first-order valence-electron chi connectivity index (χ1n) is 10.3. The lowest BCUT2D eigenvalue weighted by atomic mass is 9.89. The van der Waals surface area contributed by atoms with Crippen molar-refractivity contribution in [2.75, 3.05) is 7.05 Å². The Bertz CT molecular complexity index is 1200. The van der Waals surface area contributed by atoms with E-state index in [2.05, 4.69) is 12.2 Å². The van der Waals surface area contributed by atoms with Crippen LogP contribution in [-0.4, -0.2) is 27.8 Å². The summed E-state index contributed by atoms with van der Waals surface area (Å²) in [6.45, 7) is 8.14. The van der Waals surface area contributed by atoms with E-state index in [1.165, 1.54) is 22.2 Å². The number of fused-ring (bicyclic) bond motifs is 3. The van der Waals surface area contributed by atoms with Crippen LogP contribution >= 0.6 is 23.1 Å². The van der Waals surface area contributed by atoms with Gasteiger partial charge >= 0.3 is 0 Å². The maximum Gasteiger partial charge on any atom is 0.267 e. The zero-order valence-electron chi connectivity index (χ0n) is 18.0. The number of amides is 1. The number of rotatable bonds is 4. The van der Waals surface area contributed by atoms with Gasteiger partial charge in [0.1, 0.15) is 4.83 Å². The quantitative estimate of drug-likeness (QED) is 0.481. The minimum absolute atomic E-state index is 0.0210. The van der Waals surface area contributed by atoms with Crippen LogP contribution in [0.2, 0.25) is 0 Å². The molecule has 0 saturated heterocycles. The van der Waals surface area contributed by atoms with Crippen molar-refractivity contribution in [1.82, 2.24) is 14.9 Å². The number of hydrogen-bond acceptors (Lipinski definition) is 5. The van der Waals surface area contributed by atoms with Crippen LogP contribution in [0.1, 0.15) is 41.8 Å². The van der Waals surface area contributed by atoms with Gasteiger partial charge in [-0.1, -0.05) is 30.8 Å². The normalized spacial score (nSPS) is 17.0. The van der Waals surface area contributed by atoms with Crippen LogP contribution in [0.15, 0.2) is 28.2 Å². The zero-order valence-corrected chi connectivity index (χ0v) is 19.7. The van der Waals surface area contributed by atoms with E-state index >= 15 is 0 Å². The van der Waals surface area contributed by atoms with Crippen LogP contribution in [0.4, 0.5) is 0 Å². The summed E-state index contributed by atoms with van der Waals surface area (Å²) in [6.07, 6.45) is 3.05. The van der Waals surface area contributed by atoms with E-state index in [4.69, 9.17) is 4.98 Å². The van der Waals surface area contributed by atoms with Crippen molar-refractivity contribution in [2.45, 2.75) is 57.4 Å². The maximum absolute atomic E-state index is 13.9. The maximum atomic E-state index is 13.9. The third-order valence-corrected chi connectivity index (χ3v) is 8.00. The molecule has 1 N–H and O–H groups in total. The summed E-state index contributed by atoms with van der Waals surface area (Å²) in [5.41, 5.74) is 4.09. The summed E-state index contributed by atoms with van der Waals surface area (Å²) in [5.74, 6) is 0.551. The zero-order chi connectivity index (χ0) is 21.6. The lowest BCUT2D eigenvalue weighted by Gasteiger charge is -2.19. The number of benzene rings is 1. The molecule has 1 amide bonds. The van der Waals surface area contributed by atoms with Crippen LogP contribution in [0.3, 0.4) is 0 Å². The number of nitrogens with one attached hydrogen (secondary N) is 1. The molecule has 30 heavy (non-hydrogen) atoms. The fourth-order valence-corrected chi connectivity index (χ4v) is 6.44. The second-order valence-electron chi connectivity index (χ2n) is 8.23. The van der Waals surface area contributed by atoms with Crippen LogP contribution in [0.5, 0.6) is 0 Å². The largest absolute Gasteiger partial charge is 0.358 e. The summed E-state index contributed by atoms with van der Waals surface area (Å²) >= 11 is 2.98. The Morgan fingerprint density at radius 1 is 1.37 bits per heavy atom. The van der Waals surface area contributed by atoms with Gasteiger partial charge in [-0.15, -0.1) is 11.3 Å². The minimum Gasteiger partial charge on any atom is -0.358 e. The fraction of sp³-hybridized carbons (Fsp3) is 0.435. The third-order valence-electron chi connectivity index (χ3n) is 5.80. The van der Waals surface area contributed by atoms with Crippen LogP contribution < -0.4 is 10.9 Å². The van der Waals surface area contributed by atoms with Crippen molar-refractivity contribution in [3.63, 3.8) is 0 Å². The molecule has 5 nitrogen and oxygen atoms in total. The van der Waals surface area contributed by atoms with E-state index in [1.807, 2.05) is 39.0 Å². The highest BCUT2D eigenvalue weighted by atomic mass is 32.2. The molecule has 2 heterocycles. The minimum atomic E-state index is -0.356. The Labute approximate surface area is 184 Å². The Morgan fingerprint density at radius 2 is 2.13 bits per heavy atom. The number of carbonyl (C=O) groups excluding carboxylic acids is 1. The number of carbonyl (C=O) groups is 1. The van der Waals surface area contributed by atoms with Crippen molar-refractivity contribution >= 4 is 39.2 Å². The number of aromatic nitrogens is 2.